The topological polar surface area (TPSA) is 72.9 Å². The quantitative estimate of drug-likeness (QED) is 0.904. The molecule has 0 unspecified atom stereocenters. The summed E-state index contributed by atoms with van der Waals surface area (Å²) in [5, 5.41) is 2.82. The summed E-state index contributed by atoms with van der Waals surface area (Å²) >= 11 is 0. The van der Waals surface area contributed by atoms with E-state index in [0.29, 0.717) is 37.0 Å². The van der Waals surface area contributed by atoms with Gasteiger partial charge in [0.1, 0.15) is 12.3 Å². The van der Waals surface area contributed by atoms with Gasteiger partial charge in [0.2, 0.25) is 5.88 Å². The van der Waals surface area contributed by atoms with Crippen molar-refractivity contribution in [2.75, 3.05) is 32.1 Å². The van der Waals surface area contributed by atoms with Gasteiger partial charge in [-0.2, -0.15) is 0 Å². The number of benzene rings is 1. The van der Waals surface area contributed by atoms with Crippen molar-refractivity contribution in [3.63, 3.8) is 0 Å². The summed E-state index contributed by atoms with van der Waals surface area (Å²) in [6.07, 6.45) is 1.38. The predicted octanol–water partition coefficient (Wildman–Crippen LogP) is 2.78. The Kier molecular flexibility index (Phi) is 5.23. The molecule has 3 rings (SSSR count). The number of amides is 2. The summed E-state index contributed by atoms with van der Waals surface area (Å²) in [6, 6.07) is 10.8. The number of para-hydroxylation sites is 2. The van der Waals surface area contributed by atoms with Gasteiger partial charge in [-0.25, -0.2) is 9.78 Å². The fourth-order valence-electron chi connectivity index (χ4n) is 2.60. The minimum atomic E-state index is -0.240. The van der Waals surface area contributed by atoms with Crippen LogP contribution in [0.1, 0.15) is 6.92 Å². The van der Waals surface area contributed by atoms with Crippen molar-refractivity contribution in [3.8, 4) is 17.4 Å². The van der Waals surface area contributed by atoms with Crippen molar-refractivity contribution in [1.82, 2.24) is 9.88 Å². The van der Waals surface area contributed by atoms with Gasteiger partial charge in [-0.3, -0.25) is 0 Å². The van der Waals surface area contributed by atoms with E-state index in [1.54, 1.807) is 23.2 Å². The van der Waals surface area contributed by atoms with Crippen molar-refractivity contribution in [1.29, 1.82) is 0 Å². The summed E-state index contributed by atoms with van der Waals surface area (Å²) in [6.45, 7) is 3.27. The van der Waals surface area contributed by atoms with E-state index in [1.165, 1.54) is 7.11 Å². The van der Waals surface area contributed by atoms with E-state index in [-0.39, 0.29) is 12.1 Å². The monoisotopic (exact) mass is 343 g/mol. The Hall–Kier alpha value is -2.96. The van der Waals surface area contributed by atoms with Crippen LogP contribution in [0.2, 0.25) is 0 Å². The van der Waals surface area contributed by atoms with Gasteiger partial charge in [0.25, 0.3) is 0 Å². The molecule has 1 aromatic heterocycles. The molecule has 2 heterocycles. The molecular formula is C18H21N3O4. The van der Waals surface area contributed by atoms with Gasteiger partial charge in [0.05, 0.1) is 13.7 Å². The number of hydrogen-bond donors (Lipinski definition) is 1. The molecule has 0 aliphatic carbocycles. The number of anilines is 1. The third-order valence-corrected chi connectivity index (χ3v) is 3.87. The highest BCUT2D eigenvalue weighted by molar-refractivity contribution is 5.90. The van der Waals surface area contributed by atoms with Crippen LogP contribution < -0.4 is 19.5 Å². The Morgan fingerprint density at radius 2 is 2.12 bits per heavy atom. The number of methoxy groups -OCH3 is 1. The molecule has 2 amide bonds. The molecule has 7 heteroatoms. The van der Waals surface area contributed by atoms with Crippen LogP contribution in [-0.2, 0) is 0 Å². The number of likely N-dealkylation sites (N-methyl/N-ethyl adjacent to an activating group) is 1. The first-order valence-corrected chi connectivity index (χ1v) is 8.14. The number of hydrogen-bond acceptors (Lipinski definition) is 5. The number of fused-ring (bicyclic) bond motifs is 1. The Balaban J connectivity index is 1.63. The Bertz CT molecular complexity index is 738. The minimum absolute atomic E-state index is 0.226. The molecular weight excluding hydrogens is 322 g/mol. The number of aromatic nitrogens is 1. The molecule has 1 aliphatic heterocycles. The largest absolute Gasteiger partial charge is 0.486 e. The van der Waals surface area contributed by atoms with Crippen molar-refractivity contribution in [2.24, 2.45) is 0 Å². The van der Waals surface area contributed by atoms with E-state index in [4.69, 9.17) is 14.2 Å². The van der Waals surface area contributed by atoms with Gasteiger partial charge in [-0.1, -0.05) is 12.1 Å². The zero-order valence-electron chi connectivity index (χ0n) is 14.3. The summed E-state index contributed by atoms with van der Waals surface area (Å²) in [5.74, 6) is 1.80. The van der Waals surface area contributed by atoms with E-state index < -0.39 is 0 Å². The van der Waals surface area contributed by atoms with Gasteiger partial charge in [0, 0.05) is 12.7 Å². The first-order valence-electron chi connectivity index (χ1n) is 8.14. The van der Waals surface area contributed by atoms with Crippen LogP contribution in [0, 0.1) is 0 Å². The second-order valence-corrected chi connectivity index (χ2v) is 5.53. The highest BCUT2D eigenvalue weighted by Crippen LogP contribution is 2.31. The van der Waals surface area contributed by atoms with Crippen LogP contribution in [0.3, 0.4) is 0 Å². The molecule has 0 fully saturated rings. The average molecular weight is 343 g/mol. The van der Waals surface area contributed by atoms with Gasteiger partial charge in [-0.15, -0.1) is 0 Å². The molecule has 132 valence electrons. The second-order valence-electron chi connectivity index (χ2n) is 5.53. The van der Waals surface area contributed by atoms with Crippen LogP contribution in [0.5, 0.6) is 17.4 Å². The number of rotatable bonds is 5. The van der Waals surface area contributed by atoms with Crippen LogP contribution in [-0.4, -0.2) is 48.8 Å². The molecule has 0 bridgehead atoms. The maximum absolute atomic E-state index is 12.6. The van der Waals surface area contributed by atoms with Crippen molar-refractivity contribution < 1.29 is 19.0 Å². The van der Waals surface area contributed by atoms with Crippen LogP contribution in [0.25, 0.3) is 0 Å². The summed E-state index contributed by atoms with van der Waals surface area (Å²) in [4.78, 5) is 18.3. The fraction of sp³-hybridized carbons (Fsp3) is 0.333. The summed E-state index contributed by atoms with van der Waals surface area (Å²) < 4.78 is 16.8. The van der Waals surface area contributed by atoms with Crippen molar-refractivity contribution in [2.45, 2.75) is 13.0 Å². The van der Waals surface area contributed by atoms with Gasteiger partial charge >= 0.3 is 6.03 Å². The number of nitrogens with one attached hydrogen (secondary N) is 1. The fourth-order valence-corrected chi connectivity index (χ4v) is 2.60. The number of pyridine rings is 1. The van der Waals surface area contributed by atoms with Gasteiger partial charge in [0.15, 0.2) is 17.6 Å². The molecule has 25 heavy (non-hydrogen) atoms. The lowest BCUT2D eigenvalue weighted by Gasteiger charge is -2.31. The predicted molar refractivity (Wildman–Crippen MR) is 93.4 cm³/mol. The van der Waals surface area contributed by atoms with Gasteiger partial charge < -0.3 is 24.4 Å². The number of carbonyl (C=O) groups is 1. The Labute approximate surface area is 146 Å². The smallest absolute Gasteiger partial charge is 0.322 e. The number of carbonyl (C=O) groups excluding carboxylic acids is 1. The maximum atomic E-state index is 12.6. The third-order valence-electron chi connectivity index (χ3n) is 3.87. The number of ether oxygens (including phenoxy) is 3. The molecule has 1 aromatic carbocycles. The molecule has 0 radical (unpaired) electrons. The van der Waals surface area contributed by atoms with E-state index in [0.717, 1.165) is 5.75 Å². The minimum Gasteiger partial charge on any atom is -0.486 e. The van der Waals surface area contributed by atoms with Crippen molar-refractivity contribution >= 4 is 11.7 Å². The summed E-state index contributed by atoms with van der Waals surface area (Å²) in [5.41, 5.74) is 0.527. The molecule has 0 spiro atoms. The zero-order chi connectivity index (χ0) is 17.6. The lowest BCUT2D eigenvalue weighted by Crippen LogP contribution is -2.45. The van der Waals surface area contributed by atoms with E-state index >= 15 is 0 Å². The third kappa shape index (κ3) is 3.93. The first kappa shape index (κ1) is 16.9. The molecule has 7 nitrogen and oxygen atoms in total. The number of nitrogens with zero attached hydrogens (tertiary/aromatic N) is 2. The number of urea groups is 1. The van der Waals surface area contributed by atoms with E-state index in [1.807, 2.05) is 31.2 Å². The van der Waals surface area contributed by atoms with Gasteiger partial charge in [-0.05, 0) is 31.2 Å². The lowest BCUT2D eigenvalue weighted by atomic mass is 10.2. The molecule has 0 saturated heterocycles. The highest BCUT2D eigenvalue weighted by atomic mass is 16.6. The SMILES string of the molecule is CCN(C[C@@H]1COc2ccccc2O1)C(=O)Nc1cccnc1OC. The van der Waals surface area contributed by atoms with Crippen LogP contribution in [0.4, 0.5) is 10.5 Å². The normalized spacial score (nSPS) is 15.4. The standard InChI is InChI=1S/C18H21N3O4/c1-3-21(18(22)20-14-7-6-10-19-17(14)23-2)11-13-12-24-15-8-4-5-9-16(15)25-13/h4-10,13H,3,11-12H2,1-2H3,(H,20,22)/t13-/m1/s1. The molecule has 1 atom stereocenters. The van der Waals surface area contributed by atoms with Crippen molar-refractivity contribution in [3.05, 3.63) is 42.6 Å². The maximum Gasteiger partial charge on any atom is 0.322 e. The second kappa shape index (κ2) is 7.74. The Morgan fingerprint density at radius 1 is 1.32 bits per heavy atom. The highest BCUT2D eigenvalue weighted by Gasteiger charge is 2.25. The molecule has 2 aromatic rings. The van der Waals surface area contributed by atoms with Crippen LogP contribution in [0.15, 0.2) is 42.6 Å². The average Bonchev–Trinajstić information content (AvgIpc) is 2.66. The first-order chi connectivity index (χ1) is 12.2. The molecule has 0 saturated carbocycles. The lowest BCUT2D eigenvalue weighted by molar-refractivity contribution is 0.0693. The molecule has 1 aliphatic rings. The zero-order valence-corrected chi connectivity index (χ0v) is 14.3. The molecule has 1 N–H and O–H groups in total. The van der Waals surface area contributed by atoms with E-state index in [9.17, 15) is 4.79 Å². The summed E-state index contributed by atoms with van der Waals surface area (Å²) in [7, 11) is 1.51. The Morgan fingerprint density at radius 3 is 2.88 bits per heavy atom. The van der Waals surface area contributed by atoms with E-state index in [2.05, 4.69) is 10.3 Å². The van der Waals surface area contributed by atoms with Crippen LogP contribution >= 0.6 is 0 Å².